The van der Waals surface area contributed by atoms with Crippen LogP contribution in [0.15, 0.2) is 54.6 Å². The molecule has 0 saturated carbocycles. The summed E-state index contributed by atoms with van der Waals surface area (Å²) in [6.45, 7) is 0. The smallest absolute Gasteiger partial charge is 0.326 e. The molecule has 2 N–H and O–H groups in total. The van der Waals surface area contributed by atoms with Gasteiger partial charge >= 0.3 is 5.97 Å². The summed E-state index contributed by atoms with van der Waals surface area (Å²) in [5.74, 6) is -0.383. The number of carbonyl (C=O) groups excluding carboxylic acids is 1. The van der Waals surface area contributed by atoms with Gasteiger partial charge in [-0.3, -0.25) is 4.79 Å². The van der Waals surface area contributed by atoms with Crippen molar-refractivity contribution >= 4 is 28.6 Å². The number of halogens is 1. The topological polar surface area (TPSA) is 52.3 Å². The maximum absolute atomic E-state index is 12.2. The normalized spacial score (nSPS) is 13.5. The van der Waals surface area contributed by atoms with Crippen molar-refractivity contribution in [2.45, 2.75) is 18.4 Å². The third-order valence-electron chi connectivity index (χ3n) is 3.42. The molecule has 0 unspecified atom stereocenters. The van der Waals surface area contributed by atoms with Gasteiger partial charge in [0, 0.05) is 16.4 Å². The van der Waals surface area contributed by atoms with Crippen LogP contribution in [0.1, 0.15) is 11.1 Å². The summed E-state index contributed by atoms with van der Waals surface area (Å²) in [5.41, 5.74) is 7.43. The average Bonchev–Trinajstić information content (AvgIpc) is 2.49. The first kappa shape index (κ1) is 16.0. The van der Waals surface area contributed by atoms with Crippen molar-refractivity contribution in [3.05, 3.63) is 69.3 Å². The quantitative estimate of drug-likeness (QED) is 0.626. The van der Waals surface area contributed by atoms with Gasteiger partial charge in [0.05, 0.1) is 7.11 Å². The highest BCUT2D eigenvalue weighted by molar-refractivity contribution is 14.1. The summed E-state index contributed by atoms with van der Waals surface area (Å²) >= 11 is 2.26. The van der Waals surface area contributed by atoms with Crippen molar-refractivity contribution in [2.24, 2.45) is 5.73 Å². The Hall–Kier alpha value is -1.40. The van der Waals surface area contributed by atoms with E-state index in [2.05, 4.69) is 22.6 Å². The Balaban J connectivity index is 2.29. The molecule has 0 bridgehead atoms. The monoisotopic (exact) mass is 395 g/mol. The van der Waals surface area contributed by atoms with E-state index in [4.69, 9.17) is 10.5 Å². The number of esters is 1. The molecule has 0 radical (unpaired) electrons. The first-order valence-electron chi connectivity index (χ1n) is 6.70. The highest BCUT2D eigenvalue weighted by Crippen LogP contribution is 2.22. The van der Waals surface area contributed by atoms with Gasteiger partial charge in [-0.2, -0.15) is 0 Å². The fraction of sp³-hybridized carbons (Fsp3) is 0.235. The highest BCUT2D eigenvalue weighted by atomic mass is 127. The molecule has 1 atom stereocenters. The van der Waals surface area contributed by atoms with Gasteiger partial charge in [-0.15, -0.1) is 0 Å². The standard InChI is InChI=1S/C17H18INO2/c1-21-16(20)17(19,11-13-7-3-2-4-8-13)12-14-9-5-6-10-15(14)18/h2-10H,11-12,19H2,1H3/t17-/m1/s1. The largest absolute Gasteiger partial charge is 0.468 e. The molecule has 4 heteroatoms. The summed E-state index contributed by atoms with van der Waals surface area (Å²) in [6.07, 6.45) is 0.902. The number of rotatable bonds is 5. The van der Waals surface area contributed by atoms with E-state index in [0.29, 0.717) is 12.8 Å². The molecule has 3 nitrogen and oxygen atoms in total. The summed E-state index contributed by atoms with van der Waals surface area (Å²) in [5, 5.41) is 0. The minimum absolute atomic E-state index is 0.383. The molecule has 21 heavy (non-hydrogen) atoms. The molecular formula is C17H18INO2. The van der Waals surface area contributed by atoms with Crippen molar-refractivity contribution in [3.8, 4) is 0 Å². The van der Waals surface area contributed by atoms with Crippen LogP contribution in [0.2, 0.25) is 0 Å². The fourth-order valence-electron chi connectivity index (χ4n) is 2.35. The van der Waals surface area contributed by atoms with E-state index in [1.165, 1.54) is 7.11 Å². The van der Waals surface area contributed by atoms with Gasteiger partial charge in [0.15, 0.2) is 0 Å². The van der Waals surface area contributed by atoms with Crippen molar-refractivity contribution in [2.75, 3.05) is 7.11 Å². The molecule has 0 aliphatic heterocycles. The summed E-state index contributed by atoms with van der Waals surface area (Å²) in [4.78, 5) is 12.2. The Labute approximate surface area is 138 Å². The molecule has 0 aliphatic carbocycles. The van der Waals surface area contributed by atoms with Crippen LogP contribution < -0.4 is 5.73 Å². The van der Waals surface area contributed by atoms with Crippen LogP contribution in [0.25, 0.3) is 0 Å². The predicted molar refractivity (Wildman–Crippen MR) is 91.9 cm³/mol. The molecule has 0 saturated heterocycles. The lowest BCUT2D eigenvalue weighted by molar-refractivity contribution is -0.147. The van der Waals surface area contributed by atoms with Crippen molar-refractivity contribution in [1.29, 1.82) is 0 Å². The predicted octanol–water partition coefficient (Wildman–Crippen LogP) is 2.95. The maximum atomic E-state index is 12.2. The first-order chi connectivity index (χ1) is 10.0. The molecule has 0 fully saturated rings. The van der Waals surface area contributed by atoms with Gasteiger partial charge in [-0.05, 0) is 39.8 Å². The van der Waals surface area contributed by atoms with Crippen molar-refractivity contribution in [1.82, 2.24) is 0 Å². The number of carbonyl (C=O) groups is 1. The van der Waals surface area contributed by atoms with E-state index in [9.17, 15) is 4.79 Å². The zero-order valence-corrected chi connectivity index (χ0v) is 14.0. The van der Waals surface area contributed by atoms with Crippen LogP contribution in [0.4, 0.5) is 0 Å². The second-order valence-electron chi connectivity index (χ2n) is 5.08. The average molecular weight is 395 g/mol. The molecule has 2 rings (SSSR count). The fourth-order valence-corrected chi connectivity index (χ4v) is 2.93. The molecule has 2 aromatic carbocycles. The lowest BCUT2D eigenvalue weighted by atomic mass is 9.85. The Morgan fingerprint density at radius 2 is 1.71 bits per heavy atom. The minimum Gasteiger partial charge on any atom is -0.468 e. The van der Waals surface area contributed by atoms with Gasteiger partial charge in [-0.1, -0.05) is 48.5 Å². The van der Waals surface area contributed by atoms with Gasteiger partial charge < -0.3 is 10.5 Å². The molecular weight excluding hydrogens is 377 g/mol. The highest BCUT2D eigenvalue weighted by Gasteiger charge is 2.36. The SMILES string of the molecule is COC(=O)[C@@](N)(Cc1ccccc1)Cc1ccccc1I. The lowest BCUT2D eigenvalue weighted by Crippen LogP contribution is -2.52. The number of methoxy groups -OCH3 is 1. The Morgan fingerprint density at radius 3 is 2.33 bits per heavy atom. The third-order valence-corrected chi connectivity index (χ3v) is 4.47. The molecule has 110 valence electrons. The van der Waals surface area contributed by atoms with E-state index in [1.54, 1.807) is 0 Å². The molecule has 0 aromatic heterocycles. The molecule has 0 amide bonds. The van der Waals surface area contributed by atoms with E-state index in [1.807, 2.05) is 54.6 Å². The minimum atomic E-state index is -1.06. The van der Waals surface area contributed by atoms with Gasteiger partial charge in [-0.25, -0.2) is 0 Å². The zero-order valence-electron chi connectivity index (χ0n) is 11.9. The van der Waals surface area contributed by atoms with Gasteiger partial charge in [0.25, 0.3) is 0 Å². The molecule has 0 spiro atoms. The van der Waals surface area contributed by atoms with Crippen LogP contribution in [0.3, 0.4) is 0 Å². The van der Waals surface area contributed by atoms with E-state index in [0.717, 1.165) is 14.7 Å². The van der Waals surface area contributed by atoms with Crippen LogP contribution in [0.5, 0.6) is 0 Å². The second kappa shape index (κ2) is 7.04. The Morgan fingerprint density at radius 1 is 1.10 bits per heavy atom. The Bertz CT molecular complexity index is 615. The van der Waals surface area contributed by atoms with Crippen molar-refractivity contribution in [3.63, 3.8) is 0 Å². The van der Waals surface area contributed by atoms with Crippen molar-refractivity contribution < 1.29 is 9.53 Å². The number of benzene rings is 2. The van der Waals surface area contributed by atoms with Gasteiger partial charge in [0.2, 0.25) is 0 Å². The Kier molecular flexibility index (Phi) is 5.36. The summed E-state index contributed by atoms with van der Waals surface area (Å²) in [6, 6.07) is 17.7. The van der Waals surface area contributed by atoms with Gasteiger partial charge in [0.1, 0.15) is 5.54 Å². The molecule has 0 aliphatic rings. The number of ether oxygens (including phenoxy) is 1. The summed E-state index contributed by atoms with van der Waals surface area (Å²) in [7, 11) is 1.38. The lowest BCUT2D eigenvalue weighted by Gasteiger charge is -2.27. The first-order valence-corrected chi connectivity index (χ1v) is 7.78. The molecule has 0 heterocycles. The van der Waals surface area contributed by atoms with Crippen LogP contribution in [0, 0.1) is 3.57 Å². The van der Waals surface area contributed by atoms with Crippen LogP contribution in [-0.2, 0) is 22.4 Å². The van der Waals surface area contributed by atoms with E-state index >= 15 is 0 Å². The number of hydrogen-bond donors (Lipinski definition) is 1. The maximum Gasteiger partial charge on any atom is 0.326 e. The van der Waals surface area contributed by atoms with Crippen LogP contribution >= 0.6 is 22.6 Å². The zero-order chi connectivity index (χ0) is 15.3. The third kappa shape index (κ3) is 4.04. The molecule has 2 aromatic rings. The second-order valence-corrected chi connectivity index (χ2v) is 6.24. The number of hydrogen-bond acceptors (Lipinski definition) is 3. The number of nitrogens with two attached hydrogens (primary N) is 1. The van der Waals surface area contributed by atoms with E-state index < -0.39 is 5.54 Å². The summed E-state index contributed by atoms with van der Waals surface area (Å²) < 4.78 is 6.03. The van der Waals surface area contributed by atoms with Crippen LogP contribution in [-0.4, -0.2) is 18.6 Å². The van der Waals surface area contributed by atoms with E-state index in [-0.39, 0.29) is 5.97 Å².